The molecule has 5 nitrogen and oxygen atoms in total. The molecule has 0 amide bonds. The molecule has 0 aliphatic rings. The first-order valence-electron chi connectivity index (χ1n) is 15.0. The van der Waals surface area contributed by atoms with Gasteiger partial charge in [0.15, 0.2) is 18.6 Å². The zero-order valence-corrected chi connectivity index (χ0v) is 25.8. The minimum absolute atomic E-state index is 0.613. The van der Waals surface area contributed by atoms with Gasteiger partial charge in [-0.1, -0.05) is 108 Å². The lowest BCUT2D eigenvalue weighted by molar-refractivity contribution is 0.643. The Labute approximate surface area is 262 Å². The number of imidazole rings is 2. The minimum Gasteiger partial charge on any atom is -0.423 e. The summed E-state index contributed by atoms with van der Waals surface area (Å²) in [6, 6.07) is 52.6. The number of rotatable bonds is 4. The van der Waals surface area contributed by atoms with E-state index in [0.29, 0.717) is 5.84 Å². The molecule has 7 heteroatoms. The highest BCUT2D eigenvalue weighted by molar-refractivity contribution is 7.23. The summed E-state index contributed by atoms with van der Waals surface area (Å²) in [4.78, 5) is 11.0. The third-order valence-corrected chi connectivity index (χ3v) is 14.9. The Morgan fingerprint density at radius 1 is 0.489 bits per heavy atom. The van der Waals surface area contributed by atoms with Gasteiger partial charge in [-0.2, -0.15) is 4.98 Å². The molecule has 212 valence electrons. The smallest absolute Gasteiger partial charge is 0.307 e. The third-order valence-electron chi connectivity index (χ3n) is 9.14. The van der Waals surface area contributed by atoms with Crippen molar-refractivity contribution in [2.75, 3.05) is 0 Å². The Bertz CT molecular complexity index is 2530. The molecule has 0 aliphatic heterocycles. The SMILES string of the molecule is c1ccc([Si](c2ccccc2)(c2ccc3nc4oc5ccccc5n4c3c2)c2ccc3nc4sc5ccccc5n4c3c2)cc1. The van der Waals surface area contributed by atoms with Crippen molar-refractivity contribution >= 4 is 94.3 Å². The molecule has 0 bridgehead atoms. The predicted octanol–water partition coefficient (Wildman–Crippen LogP) is 6.63. The van der Waals surface area contributed by atoms with E-state index < -0.39 is 8.07 Å². The monoisotopic (exact) mass is 612 g/mol. The molecule has 6 aromatic carbocycles. The van der Waals surface area contributed by atoms with Gasteiger partial charge in [0.1, 0.15) is 0 Å². The molecule has 45 heavy (non-hydrogen) atoms. The molecule has 0 N–H and O–H groups in total. The van der Waals surface area contributed by atoms with Crippen LogP contribution in [0, 0.1) is 0 Å². The van der Waals surface area contributed by atoms with Crippen molar-refractivity contribution in [2.45, 2.75) is 0 Å². The molecule has 10 aromatic rings. The van der Waals surface area contributed by atoms with Crippen LogP contribution in [-0.2, 0) is 0 Å². The van der Waals surface area contributed by atoms with Gasteiger partial charge in [-0.05, 0) is 69.3 Å². The lowest BCUT2D eigenvalue weighted by Gasteiger charge is -2.34. The number of nitrogens with zero attached hydrogens (tertiary/aromatic N) is 4. The zero-order chi connectivity index (χ0) is 29.5. The average molecular weight is 613 g/mol. The molecule has 0 atom stereocenters. The number of hydrogen-bond acceptors (Lipinski definition) is 4. The largest absolute Gasteiger partial charge is 0.423 e. The van der Waals surface area contributed by atoms with Crippen molar-refractivity contribution in [3.05, 3.63) is 146 Å². The van der Waals surface area contributed by atoms with E-state index in [1.807, 2.05) is 12.1 Å². The van der Waals surface area contributed by atoms with Crippen LogP contribution in [0.15, 0.2) is 150 Å². The Balaban J connectivity index is 1.35. The minimum atomic E-state index is -2.86. The summed E-state index contributed by atoms with van der Waals surface area (Å²) in [7, 11) is -2.86. The summed E-state index contributed by atoms with van der Waals surface area (Å²) in [5.41, 5.74) is 7.16. The first kappa shape index (κ1) is 24.9. The van der Waals surface area contributed by atoms with Crippen LogP contribution >= 0.6 is 11.3 Å². The van der Waals surface area contributed by atoms with Crippen molar-refractivity contribution in [1.29, 1.82) is 0 Å². The van der Waals surface area contributed by atoms with E-state index in [-0.39, 0.29) is 0 Å². The molecule has 0 spiro atoms. The molecule has 0 fully saturated rings. The molecule has 10 rings (SSSR count). The summed E-state index contributed by atoms with van der Waals surface area (Å²) in [6.07, 6.45) is 0. The summed E-state index contributed by atoms with van der Waals surface area (Å²) in [5, 5.41) is 5.24. The van der Waals surface area contributed by atoms with Gasteiger partial charge in [-0.15, -0.1) is 0 Å². The molecule has 4 heterocycles. The number of thiazole rings is 1. The van der Waals surface area contributed by atoms with Gasteiger partial charge in [0.05, 0.1) is 37.8 Å². The molecular weight excluding hydrogens is 589 g/mol. The van der Waals surface area contributed by atoms with Gasteiger partial charge in [0, 0.05) is 0 Å². The van der Waals surface area contributed by atoms with Gasteiger partial charge in [0.2, 0.25) is 0 Å². The van der Waals surface area contributed by atoms with Gasteiger partial charge in [-0.25, -0.2) is 4.98 Å². The quantitative estimate of drug-likeness (QED) is 0.166. The first-order chi connectivity index (χ1) is 22.3. The second kappa shape index (κ2) is 9.25. The van der Waals surface area contributed by atoms with Crippen LogP contribution in [0.25, 0.3) is 54.2 Å². The topological polar surface area (TPSA) is 47.7 Å². The van der Waals surface area contributed by atoms with Crippen LogP contribution in [0.3, 0.4) is 0 Å². The average Bonchev–Trinajstić information content (AvgIpc) is 3.83. The Morgan fingerprint density at radius 2 is 1.07 bits per heavy atom. The highest BCUT2D eigenvalue weighted by Crippen LogP contribution is 2.30. The Morgan fingerprint density at radius 3 is 1.78 bits per heavy atom. The molecule has 0 saturated carbocycles. The van der Waals surface area contributed by atoms with Crippen molar-refractivity contribution in [3.63, 3.8) is 0 Å². The van der Waals surface area contributed by atoms with Gasteiger partial charge < -0.3 is 4.42 Å². The van der Waals surface area contributed by atoms with Gasteiger partial charge >= 0.3 is 5.84 Å². The molecular formula is C38H24N4OSSi. The Hall–Kier alpha value is -5.50. The normalized spacial score (nSPS) is 12.4. The first-order valence-corrected chi connectivity index (χ1v) is 17.8. The fourth-order valence-corrected chi connectivity index (χ4v) is 13.0. The molecule has 4 aromatic heterocycles. The Kier molecular flexibility index (Phi) is 5.12. The fourth-order valence-electron chi connectivity index (χ4n) is 7.20. The standard InChI is InChI=1S/C38H24N4OSSi/c1-3-11-25(12-4-1)45(26-13-5-2-6-14-26,27-19-21-29-33(23-27)41-31-15-7-9-17-35(31)43-37(41)39-29)28-20-22-30-34(24-28)42-32-16-8-10-18-36(32)44-38(42)40-30/h1-24H. The summed E-state index contributed by atoms with van der Waals surface area (Å²) in [6.45, 7) is 0. The number of hydrogen-bond donors (Lipinski definition) is 0. The van der Waals surface area contributed by atoms with Crippen molar-refractivity contribution in [1.82, 2.24) is 18.8 Å². The number of aromatic nitrogens is 4. The van der Waals surface area contributed by atoms with Crippen LogP contribution in [0.4, 0.5) is 0 Å². The van der Waals surface area contributed by atoms with E-state index in [9.17, 15) is 0 Å². The van der Waals surface area contributed by atoms with Crippen LogP contribution in [-0.4, -0.2) is 26.8 Å². The van der Waals surface area contributed by atoms with Gasteiger partial charge in [-0.3, -0.25) is 8.80 Å². The van der Waals surface area contributed by atoms with E-state index in [4.69, 9.17) is 14.4 Å². The van der Waals surface area contributed by atoms with Crippen molar-refractivity contribution < 1.29 is 4.42 Å². The van der Waals surface area contributed by atoms with E-state index >= 15 is 0 Å². The maximum atomic E-state index is 6.18. The third kappa shape index (κ3) is 3.42. The van der Waals surface area contributed by atoms with E-state index in [1.54, 1.807) is 11.3 Å². The lowest BCUT2D eigenvalue weighted by atomic mass is 10.3. The summed E-state index contributed by atoms with van der Waals surface area (Å²) < 4.78 is 11.9. The maximum absolute atomic E-state index is 6.18. The second-order valence-corrected chi connectivity index (χ2v) is 16.3. The van der Waals surface area contributed by atoms with Crippen LogP contribution in [0.2, 0.25) is 0 Å². The number of oxazole rings is 1. The van der Waals surface area contributed by atoms with Crippen molar-refractivity contribution in [3.8, 4) is 0 Å². The highest BCUT2D eigenvalue weighted by Gasteiger charge is 2.42. The predicted molar refractivity (Wildman–Crippen MR) is 188 cm³/mol. The van der Waals surface area contributed by atoms with Crippen LogP contribution in [0.1, 0.15) is 0 Å². The van der Waals surface area contributed by atoms with Crippen LogP contribution in [0.5, 0.6) is 0 Å². The van der Waals surface area contributed by atoms with E-state index in [0.717, 1.165) is 38.1 Å². The summed E-state index contributed by atoms with van der Waals surface area (Å²) >= 11 is 1.74. The lowest BCUT2D eigenvalue weighted by Crippen LogP contribution is -2.74. The second-order valence-electron chi connectivity index (χ2n) is 11.5. The fraction of sp³-hybridized carbons (Fsp3) is 0. The molecule has 0 aliphatic carbocycles. The number of benzene rings is 6. The zero-order valence-electron chi connectivity index (χ0n) is 24.0. The van der Waals surface area contributed by atoms with E-state index in [2.05, 4.69) is 142 Å². The van der Waals surface area contributed by atoms with Crippen molar-refractivity contribution in [2.24, 2.45) is 0 Å². The summed E-state index contributed by atoms with van der Waals surface area (Å²) in [5.74, 6) is 0.613. The van der Waals surface area contributed by atoms with Gasteiger partial charge in [0.25, 0.3) is 0 Å². The molecule has 0 radical (unpaired) electrons. The molecule has 0 unspecified atom stereocenters. The van der Waals surface area contributed by atoms with E-state index in [1.165, 1.54) is 31.0 Å². The number of para-hydroxylation sites is 3. The maximum Gasteiger partial charge on any atom is 0.307 e. The highest BCUT2D eigenvalue weighted by atomic mass is 32.1. The molecule has 0 saturated heterocycles. The number of fused-ring (bicyclic) bond motifs is 10. The van der Waals surface area contributed by atoms with Crippen LogP contribution < -0.4 is 20.7 Å².